The predicted octanol–water partition coefficient (Wildman–Crippen LogP) is 1.71. The Balaban J connectivity index is 2.50. The molecule has 0 aliphatic heterocycles. The average molecular weight is 152 g/mol. The van der Waals surface area contributed by atoms with Crippen LogP contribution in [0.3, 0.4) is 0 Å². The molecule has 1 aromatic heterocycles. The topological polar surface area (TPSA) is 40.2 Å². The first kappa shape index (κ1) is 7.85. The molecule has 0 spiro atoms. The molecule has 0 radical (unpaired) electrons. The molecule has 3 heteroatoms. The van der Waals surface area contributed by atoms with Gasteiger partial charge in [-0.2, -0.15) is 0 Å². The fraction of sp³-hybridized carbons (Fsp3) is 0.375. The molecule has 0 fully saturated rings. The maximum absolute atomic E-state index is 7.29. The molecule has 0 atom stereocenters. The molecule has 0 saturated heterocycles. The van der Waals surface area contributed by atoms with Crippen molar-refractivity contribution in [3.05, 3.63) is 24.2 Å². The summed E-state index contributed by atoms with van der Waals surface area (Å²) in [6.45, 7) is 2.42. The maximum atomic E-state index is 7.29. The van der Waals surface area contributed by atoms with Crippen LogP contribution in [0.4, 0.5) is 0 Å². The van der Waals surface area contributed by atoms with Gasteiger partial charge >= 0.3 is 0 Å². The first-order valence-electron chi connectivity index (χ1n) is 3.49. The lowest BCUT2D eigenvalue weighted by molar-refractivity contribution is 0.407. The predicted molar refractivity (Wildman–Crippen MR) is 43.6 cm³/mol. The Kier molecular flexibility index (Phi) is 2.31. The minimum absolute atomic E-state index is 0.543. The molecule has 1 N–H and O–H groups in total. The van der Waals surface area contributed by atoms with Crippen molar-refractivity contribution < 1.29 is 4.42 Å². The quantitative estimate of drug-likeness (QED) is 0.517. The summed E-state index contributed by atoms with van der Waals surface area (Å²) in [4.78, 5) is 1.82. The Hall–Kier alpha value is -1.25. The molecule has 60 valence electrons. The van der Waals surface area contributed by atoms with Crippen molar-refractivity contribution >= 4 is 5.84 Å². The van der Waals surface area contributed by atoms with Crippen molar-refractivity contribution in [2.75, 3.05) is 7.05 Å². The minimum atomic E-state index is 0.543. The van der Waals surface area contributed by atoms with Crippen LogP contribution in [0, 0.1) is 5.41 Å². The van der Waals surface area contributed by atoms with Crippen molar-refractivity contribution in [1.82, 2.24) is 4.90 Å². The molecular formula is C8H12N2O. The number of nitrogens with one attached hydrogen (secondary N) is 1. The van der Waals surface area contributed by atoms with Gasteiger partial charge in [0.15, 0.2) is 0 Å². The second-order valence-electron chi connectivity index (χ2n) is 2.52. The molecule has 11 heavy (non-hydrogen) atoms. The van der Waals surface area contributed by atoms with Gasteiger partial charge in [-0.3, -0.25) is 5.41 Å². The van der Waals surface area contributed by atoms with Crippen molar-refractivity contribution in [3.8, 4) is 0 Å². The highest BCUT2D eigenvalue weighted by atomic mass is 16.3. The van der Waals surface area contributed by atoms with Gasteiger partial charge in [0.1, 0.15) is 5.76 Å². The van der Waals surface area contributed by atoms with E-state index in [4.69, 9.17) is 9.83 Å². The summed E-state index contributed by atoms with van der Waals surface area (Å²) in [5, 5.41) is 7.29. The third-order valence-corrected chi connectivity index (χ3v) is 1.55. The van der Waals surface area contributed by atoms with E-state index >= 15 is 0 Å². The first-order valence-corrected chi connectivity index (χ1v) is 3.49. The fourth-order valence-corrected chi connectivity index (χ4v) is 0.755. The third-order valence-electron chi connectivity index (χ3n) is 1.55. The van der Waals surface area contributed by atoms with Crippen LogP contribution in [0.25, 0.3) is 0 Å². The highest BCUT2D eigenvalue weighted by Gasteiger charge is 2.01. The molecule has 0 aromatic carbocycles. The van der Waals surface area contributed by atoms with Crippen LogP contribution in [-0.2, 0) is 6.54 Å². The molecule has 3 nitrogen and oxygen atoms in total. The Morgan fingerprint density at radius 2 is 2.45 bits per heavy atom. The standard InChI is InChI=1S/C8H12N2O/c1-7(9)10(2)6-8-4-3-5-11-8/h3-5,9H,6H2,1-2H3. The van der Waals surface area contributed by atoms with E-state index in [9.17, 15) is 0 Å². The lowest BCUT2D eigenvalue weighted by Gasteiger charge is -2.14. The summed E-state index contributed by atoms with van der Waals surface area (Å²) in [6, 6.07) is 3.75. The largest absolute Gasteiger partial charge is 0.467 e. The zero-order valence-electron chi connectivity index (χ0n) is 6.79. The summed E-state index contributed by atoms with van der Waals surface area (Å²) in [5.74, 6) is 1.43. The summed E-state index contributed by atoms with van der Waals surface area (Å²) < 4.78 is 5.12. The normalized spacial score (nSPS) is 9.64. The molecule has 1 aromatic rings. The van der Waals surface area contributed by atoms with Crippen LogP contribution in [-0.4, -0.2) is 17.8 Å². The van der Waals surface area contributed by atoms with Crippen molar-refractivity contribution in [3.63, 3.8) is 0 Å². The van der Waals surface area contributed by atoms with Gasteiger partial charge in [-0.1, -0.05) is 0 Å². The fourth-order valence-electron chi connectivity index (χ4n) is 0.755. The van der Waals surface area contributed by atoms with Gasteiger partial charge in [-0.15, -0.1) is 0 Å². The minimum Gasteiger partial charge on any atom is -0.467 e. The second kappa shape index (κ2) is 3.23. The van der Waals surface area contributed by atoms with E-state index in [0.29, 0.717) is 12.4 Å². The summed E-state index contributed by atoms with van der Waals surface area (Å²) in [5.41, 5.74) is 0. The SMILES string of the molecule is CC(=N)N(C)Cc1ccco1. The van der Waals surface area contributed by atoms with Crippen LogP contribution >= 0.6 is 0 Å². The van der Waals surface area contributed by atoms with E-state index in [-0.39, 0.29) is 0 Å². The number of nitrogens with zero attached hydrogens (tertiary/aromatic N) is 1. The summed E-state index contributed by atoms with van der Waals surface area (Å²) >= 11 is 0. The Morgan fingerprint density at radius 1 is 1.73 bits per heavy atom. The van der Waals surface area contributed by atoms with Crippen molar-refractivity contribution in [1.29, 1.82) is 5.41 Å². The number of amidine groups is 1. The van der Waals surface area contributed by atoms with Crippen molar-refractivity contribution in [2.24, 2.45) is 0 Å². The molecule has 0 unspecified atom stereocenters. The Labute approximate surface area is 66.1 Å². The highest BCUT2D eigenvalue weighted by molar-refractivity contribution is 5.75. The van der Waals surface area contributed by atoms with Crippen LogP contribution in [0.2, 0.25) is 0 Å². The van der Waals surface area contributed by atoms with Crippen LogP contribution in [0.1, 0.15) is 12.7 Å². The van der Waals surface area contributed by atoms with Gasteiger partial charge in [-0.05, 0) is 19.1 Å². The van der Waals surface area contributed by atoms with Gasteiger partial charge in [0.25, 0.3) is 0 Å². The smallest absolute Gasteiger partial charge is 0.123 e. The molecule has 0 bridgehead atoms. The summed E-state index contributed by atoms with van der Waals surface area (Å²) in [7, 11) is 1.87. The number of hydrogen-bond donors (Lipinski definition) is 1. The van der Waals surface area contributed by atoms with Crippen LogP contribution in [0.5, 0.6) is 0 Å². The van der Waals surface area contributed by atoms with Gasteiger partial charge in [0, 0.05) is 7.05 Å². The Bertz CT molecular complexity index is 228. The molecule has 0 aliphatic carbocycles. The van der Waals surface area contributed by atoms with Crippen LogP contribution in [0.15, 0.2) is 22.8 Å². The van der Waals surface area contributed by atoms with Crippen LogP contribution < -0.4 is 0 Å². The monoisotopic (exact) mass is 152 g/mol. The molecular weight excluding hydrogens is 140 g/mol. The third kappa shape index (κ3) is 2.11. The average Bonchev–Trinajstić information content (AvgIpc) is 2.39. The van der Waals surface area contributed by atoms with Gasteiger partial charge in [0.05, 0.1) is 18.6 Å². The van der Waals surface area contributed by atoms with E-state index < -0.39 is 0 Å². The van der Waals surface area contributed by atoms with E-state index in [1.807, 2.05) is 24.1 Å². The van der Waals surface area contributed by atoms with Gasteiger partial charge < -0.3 is 9.32 Å². The summed E-state index contributed by atoms with van der Waals surface area (Å²) in [6.07, 6.45) is 1.64. The zero-order valence-corrected chi connectivity index (χ0v) is 6.79. The van der Waals surface area contributed by atoms with E-state index in [2.05, 4.69) is 0 Å². The van der Waals surface area contributed by atoms with Gasteiger partial charge in [-0.25, -0.2) is 0 Å². The lowest BCUT2D eigenvalue weighted by atomic mass is 10.4. The number of furan rings is 1. The van der Waals surface area contributed by atoms with E-state index in [0.717, 1.165) is 5.76 Å². The number of hydrogen-bond acceptors (Lipinski definition) is 2. The molecule has 0 aliphatic rings. The lowest BCUT2D eigenvalue weighted by Crippen LogP contribution is -2.22. The number of rotatable bonds is 2. The van der Waals surface area contributed by atoms with Gasteiger partial charge in [0.2, 0.25) is 0 Å². The van der Waals surface area contributed by atoms with E-state index in [1.54, 1.807) is 13.2 Å². The second-order valence-corrected chi connectivity index (χ2v) is 2.52. The molecule has 1 heterocycles. The maximum Gasteiger partial charge on any atom is 0.123 e. The molecule has 1 rings (SSSR count). The van der Waals surface area contributed by atoms with E-state index in [1.165, 1.54) is 0 Å². The highest BCUT2D eigenvalue weighted by Crippen LogP contribution is 2.03. The van der Waals surface area contributed by atoms with Crippen molar-refractivity contribution in [2.45, 2.75) is 13.5 Å². The first-order chi connectivity index (χ1) is 5.20. The molecule has 0 saturated carbocycles. The zero-order chi connectivity index (χ0) is 8.27. The Morgan fingerprint density at radius 3 is 2.91 bits per heavy atom. The molecule has 0 amide bonds.